The van der Waals surface area contributed by atoms with Gasteiger partial charge in [0.1, 0.15) is 6.10 Å². The Kier molecular flexibility index (Phi) is 5.24. The Bertz CT molecular complexity index is 184. The molecule has 0 aromatic carbocycles. The minimum absolute atomic E-state index is 0.608. The summed E-state index contributed by atoms with van der Waals surface area (Å²) in [7, 11) is 0. The van der Waals surface area contributed by atoms with Gasteiger partial charge in [0.05, 0.1) is 0 Å². The number of terminal acetylenes is 1. The van der Waals surface area contributed by atoms with E-state index < -0.39 is 6.10 Å². The van der Waals surface area contributed by atoms with Crippen molar-refractivity contribution in [2.24, 2.45) is 0 Å². The number of aliphatic hydroxyl groups excluding tert-OH is 1. The van der Waals surface area contributed by atoms with Gasteiger partial charge in [-0.15, -0.1) is 6.42 Å². The molecule has 1 heteroatoms. The molecule has 0 fully saturated rings. The van der Waals surface area contributed by atoms with Gasteiger partial charge in [-0.2, -0.15) is 0 Å². The van der Waals surface area contributed by atoms with Crippen LogP contribution in [-0.2, 0) is 0 Å². The number of aliphatic hydroxyl groups is 1. The summed E-state index contributed by atoms with van der Waals surface area (Å²) < 4.78 is 0. The maximum atomic E-state index is 8.99. The summed E-state index contributed by atoms with van der Waals surface area (Å²) in [5.74, 6) is 2.26. The zero-order valence-corrected chi connectivity index (χ0v) is 6.88. The minimum Gasteiger partial charge on any atom is -0.380 e. The zero-order chi connectivity index (χ0) is 8.69. The third kappa shape index (κ3) is 5.44. The van der Waals surface area contributed by atoms with Gasteiger partial charge in [-0.1, -0.05) is 30.2 Å². The lowest BCUT2D eigenvalue weighted by Crippen LogP contribution is -2.01. The first-order valence-corrected chi connectivity index (χ1v) is 3.63. The van der Waals surface area contributed by atoms with Crippen molar-refractivity contribution in [1.29, 1.82) is 0 Å². The van der Waals surface area contributed by atoms with E-state index in [1.165, 1.54) is 5.57 Å². The molecule has 0 saturated heterocycles. The molecule has 0 bridgehead atoms. The predicted octanol–water partition coefficient (Wildman–Crippen LogP) is 1.89. The van der Waals surface area contributed by atoms with Crippen LogP contribution in [0.5, 0.6) is 0 Å². The summed E-state index contributed by atoms with van der Waals surface area (Å²) in [6, 6.07) is 0. The van der Waals surface area contributed by atoms with E-state index in [-0.39, 0.29) is 0 Å². The van der Waals surface area contributed by atoms with E-state index in [1.54, 1.807) is 6.08 Å². The smallest absolute Gasteiger partial charge is 0.114 e. The minimum atomic E-state index is -0.608. The van der Waals surface area contributed by atoms with Crippen LogP contribution in [0.4, 0.5) is 0 Å². The fourth-order valence-corrected chi connectivity index (χ4v) is 0.732. The summed E-state index contributed by atoms with van der Waals surface area (Å²) in [6.45, 7) is 5.56. The molecule has 0 amide bonds. The number of hydrogen-bond acceptors (Lipinski definition) is 1. The van der Waals surface area contributed by atoms with Gasteiger partial charge in [0.15, 0.2) is 0 Å². The normalized spacial score (nSPS) is 13.7. The summed E-state index contributed by atoms with van der Waals surface area (Å²) in [5, 5.41) is 8.99. The second-order valence-electron chi connectivity index (χ2n) is 2.47. The van der Waals surface area contributed by atoms with Crippen LogP contribution < -0.4 is 0 Å². The van der Waals surface area contributed by atoms with E-state index in [4.69, 9.17) is 11.5 Å². The molecule has 0 rings (SSSR count). The summed E-state index contributed by atoms with van der Waals surface area (Å²) in [4.78, 5) is 0. The van der Waals surface area contributed by atoms with Crippen LogP contribution in [0, 0.1) is 12.3 Å². The van der Waals surface area contributed by atoms with E-state index in [2.05, 4.69) is 12.5 Å². The highest BCUT2D eigenvalue weighted by molar-refractivity contribution is 5.08. The number of allylic oxidation sites excluding steroid dienone is 3. The molecule has 1 nitrogen and oxygen atoms in total. The van der Waals surface area contributed by atoms with Crippen molar-refractivity contribution >= 4 is 0 Å². The third-order valence-corrected chi connectivity index (χ3v) is 1.41. The standard InChI is InChI=1S/C10H14O/c1-4-6-9(3)7-8-10(11)5-2/h2,4,6,10-11H,1,7-8H2,3H3/b9-6+. The Morgan fingerprint density at radius 3 is 2.91 bits per heavy atom. The van der Waals surface area contributed by atoms with E-state index in [9.17, 15) is 0 Å². The van der Waals surface area contributed by atoms with Crippen LogP contribution in [-0.4, -0.2) is 11.2 Å². The molecule has 0 saturated carbocycles. The first kappa shape index (κ1) is 10.0. The molecule has 0 aliphatic heterocycles. The zero-order valence-electron chi connectivity index (χ0n) is 6.88. The van der Waals surface area contributed by atoms with Gasteiger partial charge in [0, 0.05) is 0 Å². The average molecular weight is 150 g/mol. The molecule has 0 spiro atoms. The summed E-state index contributed by atoms with van der Waals surface area (Å²) in [6.07, 6.45) is 9.50. The third-order valence-electron chi connectivity index (χ3n) is 1.41. The van der Waals surface area contributed by atoms with Gasteiger partial charge in [-0.25, -0.2) is 0 Å². The molecule has 0 aliphatic carbocycles. The molecule has 1 atom stereocenters. The lowest BCUT2D eigenvalue weighted by molar-refractivity contribution is 0.222. The van der Waals surface area contributed by atoms with E-state index in [1.807, 2.05) is 13.0 Å². The maximum Gasteiger partial charge on any atom is 0.114 e. The van der Waals surface area contributed by atoms with E-state index in [0.29, 0.717) is 6.42 Å². The SMILES string of the molecule is C#CC(O)CC/C(C)=C/C=C. The quantitative estimate of drug-likeness (QED) is 0.479. The predicted molar refractivity (Wildman–Crippen MR) is 48.0 cm³/mol. The average Bonchev–Trinajstić information content (AvgIpc) is 2.01. The highest BCUT2D eigenvalue weighted by Gasteiger charge is 1.97. The van der Waals surface area contributed by atoms with Crippen LogP contribution >= 0.6 is 0 Å². The van der Waals surface area contributed by atoms with Gasteiger partial charge in [-0.3, -0.25) is 0 Å². The second-order valence-corrected chi connectivity index (χ2v) is 2.47. The molecule has 60 valence electrons. The van der Waals surface area contributed by atoms with Crippen molar-refractivity contribution < 1.29 is 5.11 Å². The topological polar surface area (TPSA) is 20.2 Å². The molecule has 11 heavy (non-hydrogen) atoms. The molecule has 0 aliphatic rings. The number of hydrogen-bond donors (Lipinski definition) is 1. The van der Waals surface area contributed by atoms with Gasteiger partial charge < -0.3 is 5.11 Å². The van der Waals surface area contributed by atoms with Crippen molar-refractivity contribution in [3.63, 3.8) is 0 Å². The van der Waals surface area contributed by atoms with Crippen LogP contribution in [0.3, 0.4) is 0 Å². The summed E-state index contributed by atoms with van der Waals surface area (Å²) >= 11 is 0. The molecule has 0 aromatic heterocycles. The van der Waals surface area contributed by atoms with E-state index in [0.717, 1.165) is 6.42 Å². The Hall–Kier alpha value is -1.00. The molecule has 0 radical (unpaired) electrons. The fraction of sp³-hybridized carbons (Fsp3) is 0.400. The van der Waals surface area contributed by atoms with Crippen LogP contribution in [0.25, 0.3) is 0 Å². The molecular formula is C10H14O. The van der Waals surface area contributed by atoms with Crippen molar-refractivity contribution in [3.05, 3.63) is 24.3 Å². The lowest BCUT2D eigenvalue weighted by Gasteiger charge is -2.01. The lowest BCUT2D eigenvalue weighted by atomic mass is 10.1. The monoisotopic (exact) mass is 150 g/mol. The first-order valence-electron chi connectivity index (χ1n) is 3.63. The van der Waals surface area contributed by atoms with Crippen molar-refractivity contribution in [1.82, 2.24) is 0 Å². The molecular weight excluding hydrogens is 136 g/mol. The highest BCUT2D eigenvalue weighted by Crippen LogP contribution is 2.05. The fourth-order valence-electron chi connectivity index (χ4n) is 0.732. The first-order chi connectivity index (χ1) is 5.20. The second kappa shape index (κ2) is 5.76. The van der Waals surface area contributed by atoms with Gasteiger partial charge in [-0.05, 0) is 19.8 Å². The van der Waals surface area contributed by atoms with Crippen molar-refractivity contribution in [2.45, 2.75) is 25.9 Å². The van der Waals surface area contributed by atoms with Crippen LogP contribution in [0.15, 0.2) is 24.3 Å². The van der Waals surface area contributed by atoms with Gasteiger partial charge in [0.2, 0.25) is 0 Å². The maximum absolute atomic E-state index is 8.99. The van der Waals surface area contributed by atoms with Gasteiger partial charge >= 0.3 is 0 Å². The Morgan fingerprint density at radius 1 is 1.82 bits per heavy atom. The highest BCUT2D eigenvalue weighted by atomic mass is 16.3. The molecule has 1 N–H and O–H groups in total. The molecule has 1 unspecified atom stereocenters. The van der Waals surface area contributed by atoms with Crippen LogP contribution in [0.2, 0.25) is 0 Å². The number of rotatable bonds is 4. The van der Waals surface area contributed by atoms with Crippen molar-refractivity contribution in [3.8, 4) is 12.3 Å². The van der Waals surface area contributed by atoms with E-state index >= 15 is 0 Å². The molecule has 0 heterocycles. The Balaban J connectivity index is 3.63. The summed E-state index contributed by atoms with van der Waals surface area (Å²) in [5.41, 5.74) is 1.19. The Morgan fingerprint density at radius 2 is 2.45 bits per heavy atom. The Labute approximate surface area is 68.4 Å². The van der Waals surface area contributed by atoms with Gasteiger partial charge in [0.25, 0.3) is 0 Å². The largest absolute Gasteiger partial charge is 0.380 e. The van der Waals surface area contributed by atoms with Crippen LogP contribution in [0.1, 0.15) is 19.8 Å². The molecule has 0 aromatic rings. The van der Waals surface area contributed by atoms with Crippen molar-refractivity contribution in [2.75, 3.05) is 0 Å².